The third-order valence-corrected chi connectivity index (χ3v) is 3.25. The van der Waals surface area contributed by atoms with Crippen LogP contribution in [0.2, 0.25) is 0 Å². The molecular weight excluding hydrogens is 272 g/mol. The molecule has 112 valence electrons. The number of esters is 1. The summed E-state index contributed by atoms with van der Waals surface area (Å²) in [5, 5.41) is 13.1. The number of hydrogen-bond acceptors (Lipinski definition) is 4. The number of carbonyl (C=O) groups excluding carboxylic acids is 2. The molecule has 0 spiro atoms. The summed E-state index contributed by atoms with van der Waals surface area (Å²) in [4.78, 5) is 23.5. The van der Waals surface area contributed by atoms with Crippen LogP contribution in [0.5, 0.6) is 0 Å². The Balaban J connectivity index is 2.09. The highest BCUT2D eigenvalue weighted by molar-refractivity contribution is 5.86. The summed E-state index contributed by atoms with van der Waals surface area (Å²) in [6.07, 6.45) is 0.780. The van der Waals surface area contributed by atoms with Gasteiger partial charge in [0.25, 0.3) is 0 Å². The lowest BCUT2D eigenvalue weighted by atomic mass is 10.2. The zero-order valence-electron chi connectivity index (χ0n) is 11.9. The van der Waals surface area contributed by atoms with Crippen molar-refractivity contribution in [2.75, 3.05) is 7.11 Å². The molecular formula is C15H18N2O4. The minimum Gasteiger partial charge on any atom is -0.467 e. The van der Waals surface area contributed by atoms with Crippen molar-refractivity contribution in [3.8, 4) is 0 Å². The van der Waals surface area contributed by atoms with Crippen molar-refractivity contribution in [1.29, 1.82) is 0 Å². The highest BCUT2D eigenvalue weighted by Crippen LogP contribution is 2.14. The van der Waals surface area contributed by atoms with Gasteiger partial charge in [-0.2, -0.15) is 0 Å². The van der Waals surface area contributed by atoms with Gasteiger partial charge in [0.1, 0.15) is 6.54 Å². The van der Waals surface area contributed by atoms with Crippen LogP contribution in [-0.4, -0.2) is 40.8 Å². The molecule has 0 fully saturated rings. The Morgan fingerprint density at radius 2 is 2.05 bits per heavy atom. The number of aliphatic hydroxyl groups is 1. The number of hydrogen-bond donors (Lipinski definition) is 2. The molecule has 1 aromatic carbocycles. The van der Waals surface area contributed by atoms with Gasteiger partial charge in [-0.15, -0.1) is 0 Å². The molecule has 1 heterocycles. The fourth-order valence-corrected chi connectivity index (χ4v) is 2.16. The van der Waals surface area contributed by atoms with Gasteiger partial charge in [0.15, 0.2) is 6.04 Å². The van der Waals surface area contributed by atoms with Crippen molar-refractivity contribution in [1.82, 2.24) is 9.88 Å². The number of fused-ring (bicyclic) bond motifs is 1. The average molecular weight is 290 g/mol. The molecule has 1 amide bonds. The number of nitrogens with one attached hydrogen (secondary N) is 1. The predicted octanol–water partition coefficient (Wildman–Crippen LogP) is 0.680. The maximum Gasteiger partial charge on any atom is 0.331 e. The van der Waals surface area contributed by atoms with E-state index in [1.54, 1.807) is 10.8 Å². The van der Waals surface area contributed by atoms with Crippen molar-refractivity contribution < 1.29 is 19.4 Å². The molecule has 6 nitrogen and oxygen atoms in total. The Bertz CT molecular complexity index is 648. The lowest BCUT2D eigenvalue weighted by molar-refractivity contribution is -0.148. The van der Waals surface area contributed by atoms with E-state index in [0.717, 1.165) is 10.9 Å². The van der Waals surface area contributed by atoms with Crippen molar-refractivity contribution in [3.05, 3.63) is 36.5 Å². The van der Waals surface area contributed by atoms with Gasteiger partial charge in [0, 0.05) is 11.7 Å². The number of benzene rings is 1. The van der Waals surface area contributed by atoms with Crippen molar-refractivity contribution in [2.45, 2.75) is 25.6 Å². The minimum absolute atomic E-state index is 0.0632. The normalized spacial score (nSPS) is 13.7. The van der Waals surface area contributed by atoms with E-state index in [0.29, 0.717) is 0 Å². The first kappa shape index (κ1) is 15.1. The number of aliphatic hydroxyl groups excluding tert-OH is 1. The standard InChI is InChI=1S/C15H18N2O4/c1-10(18)14(15(20)21-2)16-13(19)9-17-8-7-11-5-3-4-6-12(11)17/h3-8,10,14,18H,9H2,1-2H3,(H,16,19). The highest BCUT2D eigenvalue weighted by atomic mass is 16.5. The Morgan fingerprint density at radius 1 is 1.33 bits per heavy atom. The number of amides is 1. The molecule has 0 saturated carbocycles. The van der Waals surface area contributed by atoms with Gasteiger partial charge in [0.05, 0.1) is 13.2 Å². The molecule has 0 bridgehead atoms. The first-order valence-electron chi connectivity index (χ1n) is 6.62. The zero-order valence-corrected chi connectivity index (χ0v) is 11.9. The maximum atomic E-state index is 12.0. The van der Waals surface area contributed by atoms with E-state index >= 15 is 0 Å². The molecule has 0 aliphatic rings. The number of aromatic nitrogens is 1. The van der Waals surface area contributed by atoms with Crippen molar-refractivity contribution in [3.63, 3.8) is 0 Å². The Hall–Kier alpha value is -2.34. The fraction of sp³-hybridized carbons (Fsp3) is 0.333. The molecule has 2 aromatic rings. The second-order valence-corrected chi connectivity index (χ2v) is 4.81. The van der Waals surface area contributed by atoms with Crippen LogP contribution in [0.1, 0.15) is 6.92 Å². The molecule has 21 heavy (non-hydrogen) atoms. The highest BCUT2D eigenvalue weighted by Gasteiger charge is 2.26. The van der Waals surface area contributed by atoms with Crippen molar-refractivity contribution >= 4 is 22.8 Å². The monoisotopic (exact) mass is 290 g/mol. The van der Waals surface area contributed by atoms with Gasteiger partial charge < -0.3 is 19.7 Å². The van der Waals surface area contributed by atoms with Crippen LogP contribution >= 0.6 is 0 Å². The summed E-state index contributed by atoms with van der Waals surface area (Å²) in [6.45, 7) is 1.49. The van der Waals surface area contributed by atoms with E-state index in [-0.39, 0.29) is 12.5 Å². The SMILES string of the molecule is COC(=O)C(NC(=O)Cn1ccc2ccccc21)C(C)O. The summed E-state index contributed by atoms with van der Waals surface area (Å²) in [7, 11) is 1.21. The van der Waals surface area contributed by atoms with Gasteiger partial charge >= 0.3 is 5.97 Å². The minimum atomic E-state index is -1.07. The molecule has 0 radical (unpaired) electrons. The summed E-state index contributed by atoms with van der Waals surface area (Å²) < 4.78 is 6.34. The second kappa shape index (κ2) is 6.41. The largest absolute Gasteiger partial charge is 0.467 e. The van der Waals surface area contributed by atoms with E-state index in [9.17, 15) is 14.7 Å². The Morgan fingerprint density at radius 3 is 2.71 bits per heavy atom. The molecule has 0 aliphatic heterocycles. The van der Waals surface area contributed by atoms with Crippen LogP contribution in [0, 0.1) is 0 Å². The molecule has 2 atom stereocenters. The number of carbonyl (C=O) groups is 2. The summed E-state index contributed by atoms with van der Waals surface area (Å²) >= 11 is 0. The predicted molar refractivity (Wildman–Crippen MR) is 77.6 cm³/mol. The molecule has 6 heteroatoms. The van der Waals surface area contributed by atoms with Gasteiger partial charge in [-0.25, -0.2) is 4.79 Å². The van der Waals surface area contributed by atoms with Crippen LogP contribution < -0.4 is 5.32 Å². The first-order chi connectivity index (χ1) is 10.0. The number of para-hydroxylation sites is 1. The zero-order chi connectivity index (χ0) is 15.4. The molecule has 2 rings (SSSR count). The lowest BCUT2D eigenvalue weighted by Crippen LogP contribution is -2.49. The van der Waals surface area contributed by atoms with E-state index in [2.05, 4.69) is 10.1 Å². The van der Waals surface area contributed by atoms with Gasteiger partial charge in [0.2, 0.25) is 5.91 Å². The van der Waals surface area contributed by atoms with E-state index in [1.165, 1.54) is 14.0 Å². The third-order valence-electron chi connectivity index (χ3n) is 3.25. The second-order valence-electron chi connectivity index (χ2n) is 4.81. The topological polar surface area (TPSA) is 80.6 Å². The fourth-order valence-electron chi connectivity index (χ4n) is 2.16. The van der Waals surface area contributed by atoms with Gasteiger partial charge in [-0.1, -0.05) is 18.2 Å². The van der Waals surface area contributed by atoms with Crippen LogP contribution in [0.25, 0.3) is 10.9 Å². The van der Waals surface area contributed by atoms with Crippen LogP contribution in [0.3, 0.4) is 0 Å². The number of methoxy groups -OCH3 is 1. The average Bonchev–Trinajstić information content (AvgIpc) is 2.87. The van der Waals surface area contributed by atoms with Crippen LogP contribution in [-0.2, 0) is 20.9 Å². The summed E-state index contributed by atoms with van der Waals surface area (Å²) in [5.41, 5.74) is 0.930. The molecule has 0 saturated heterocycles. The molecule has 2 N–H and O–H groups in total. The first-order valence-corrected chi connectivity index (χ1v) is 6.62. The van der Waals surface area contributed by atoms with Crippen LogP contribution in [0.4, 0.5) is 0 Å². The number of rotatable bonds is 5. The molecule has 0 aliphatic carbocycles. The van der Waals surface area contributed by atoms with E-state index < -0.39 is 18.1 Å². The van der Waals surface area contributed by atoms with E-state index in [4.69, 9.17) is 0 Å². The van der Waals surface area contributed by atoms with Crippen LogP contribution in [0.15, 0.2) is 36.5 Å². The molecule has 1 aromatic heterocycles. The summed E-state index contributed by atoms with van der Waals surface area (Å²) in [5.74, 6) is -1.04. The quantitative estimate of drug-likeness (QED) is 0.794. The number of nitrogens with zero attached hydrogens (tertiary/aromatic N) is 1. The smallest absolute Gasteiger partial charge is 0.331 e. The summed E-state index contributed by atoms with van der Waals surface area (Å²) in [6, 6.07) is 8.53. The number of ether oxygens (including phenoxy) is 1. The molecule has 2 unspecified atom stereocenters. The third kappa shape index (κ3) is 3.41. The Kier molecular flexibility index (Phi) is 4.59. The maximum absolute atomic E-state index is 12.0. The van der Waals surface area contributed by atoms with Gasteiger partial charge in [-0.3, -0.25) is 4.79 Å². The van der Waals surface area contributed by atoms with Gasteiger partial charge in [-0.05, 0) is 24.4 Å². The Labute approximate surface area is 122 Å². The van der Waals surface area contributed by atoms with Crippen molar-refractivity contribution in [2.24, 2.45) is 0 Å². The van der Waals surface area contributed by atoms with E-state index in [1.807, 2.05) is 30.3 Å². The lowest BCUT2D eigenvalue weighted by Gasteiger charge is -2.19.